The second-order valence-electron chi connectivity index (χ2n) is 5.14. The van der Waals surface area contributed by atoms with Crippen molar-refractivity contribution in [2.75, 3.05) is 5.32 Å². The van der Waals surface area contributed by atoms with Gasteiger partial charge in [-0.25, -0.2) is 0 Å². The fourth-order valence-electron chi connectivity index (χ4n) is 2.72. The molecule has 1 aliphatic rings. The van der Waals surface area contributed by atoms with E-state index >= 15 is 0 Å². The molecule has 1 N–H and O–H groups in total. The quantitative estimate of drug-likeness (QED) is 0.662. The third-order valence-corrected chi connectivity index (χ3v) is 4.33. The van der Waals surface area contributed by atoms with Crippen molar-refractivity contribution in [1.29, 1.82) is 0 Å². The van der Waals surface area contributed by atoms with Crippen LogP contribution in [0.3, 0.4) is 0 Å². The van der Waals surface area contributed by atoms with E-state index < -0.39 is 0 Å². The van der Waals surface area contributed by atoms with Crippen LogP contribution in [0.2, 0.25) is 0 Å². The summed E-state index contributed by atoms with van der Waals surface area (Å²) in [5.41, 5.74) is 4.58. The van der Waals surface area contributed by atoms with Gasteiger partial charge in [0.15, 0.2) is 0 Å². The third kappa shape index (κ3) is 2.24. The van der Waals surface area contributed by atoms with Crippen molar-refractivity contribution in [3.05, 3.63) is 76.4 Å². The molecule has 0 radical (unpaired) electrons. The van der Waals surface area contributed by atoms with E-state index in [2.05, 4.69) is 80.8 Å². The van der Waals surface area contributed by atoms with E-state index in [0.717, 1.165) is 21.1 Å². The largest absolute Gasteiger partial charge is 0.372 e. The molecule has 2 aromatic carbocycles. The zero-order valence-corrected chi connectivity index (χ0v) is 12.8. The minimum absolute atomic E-state index is 0.179. The van der Waals surface area contributed by atoms with Gasteiger partial charge in [-0.15, -0.1) is 0 Å². The highest BCUT2D eigenvalue weighted by atomic mass is 79.9. The number of nitrogens with one attached hydrogen (secondary N) is 1. The molecule has 2 heterocycles. The first-order valence-electron chi connectivity index (χ1n) is 6.89. The van der Waals surface area contributed by atoms with Crippen LogP contribution in [-0.2, 0) is 0 Å². The van der Waals surface area contributed by atoms with Gasteiger partial charge in [-0.1, -0.05) is 58.4 Å². The van der Waals surface area contributed by atoms with E-state index in [-0.39, 0.29) is 6.04 Å². The Balaban J connectivity index is 1.80. The molecule has 102 valence electrons. The summed E-state index contributed by atoms with van der Waals surface area (Å²) in [5.74, 6) is 0. The van der Waals surface area contributed by atoms with Crippen molar-refractivity contribution >= 4 is 38.6 Å². The standard InChI is InChI=1S/C18H13BrN2/c19-15-8-5-12(6-9-15)16-10-7-14-4-3-13-2-1-11-20-17(13)18(14)21-16/h1-11,16,21H. The highest BCUT2D eigenvalue weighted by Crippen LogP contribution is 2.35. The Labute approximate surface area is 131 Å². The predicted molar refractivity (Wildman–Crippen MR) is 91.3 cm³/mol. The Morgan fingerprint density at radius 3 is 2.71 bits per heavy atom. The average molecular weight is 337 g/mol. The van der Waals surface area contributed by atoms with Crippen LogP contribution in [0.15, 0.2) is 65.3 Å². The number of fused-ring (bicyclic) bond motifs is 3. The number of anilines is 1. The number of hydrogen-bond acceptors (Lipinski definition) is 2. The summed E-state index contributed by atoms with van der Waals surface area (Å²) in [6, 6.07) is 16.9. The van der Waals surface area contributed by atoms with E-state index in [1.165, 1.54) is 11.1 Å². The number of halogens is 1. The first-order valence-corrected chi connectivity index (χ1v) is 7.68. The fraction of sp³-hybridized carbons (Fsp3) is 0.0556. The maximum Gasteiger partial charge on any atom is 0.0939 e. The van der Waals surface area contributed by atoms with Gasteiger partial charge in [-0.2, -0.15) is 0 Å². The molecular weight excluding hydrogens is 324 g/mol. The van der Waals surface area contributed by atoms with Gasteiger partial charge in [0, 0.05) is 16.1 Å². The van der Waals surface area contributed by atoms with Gasteiger partial charge in [-0.05, 0) is 29.3 Å². The number of pyridine rings is 1. The summed E-state index contributed by atoms with van der Waals surface area (Å²) in [6.07, 6.45) is 6.21. The lowest BCUT2D eigenvalue weighted by molar-refractivity contribution is 0.980. The molecule has 2 nitrogen and oxygen atoms in total. The van der Waals surface area contributed by atoms with Crippen molar-refractivity contribution in [3.63, 3.8) is 0 Å². The number of nitrogens with zero attached hydrogens (tertiary/aromatic N) is 1. The van der Waals surface area contributed by atoms with Gasteiger partial charge in [0.2, 0.25) is 0 Å². The summed E-state index contributed by atoms with van der Waals surface area (Å²) in [6.45, 7) is 0. The Bertz CT molecular complexity index is 837. The van der Waals surface area contributed by atoms with Crippen LogP contribution in [0.25, 0.3) is 17.0 Å². The number of rotatable bonds is 1. The zero-order chi connectivity index (χ0) is 14.2. The van der Waals surface area contributed by atoms with E-state index in [9.17, 15) is 0 Å². The number of hydrogen-bond donors (Lipinski definition) is 1. The molecule has 0 bridgehead atoms. The van der Waals surface area contributed by atoms with E-state index in [4.69, 9.17) is 0 Å². The molecule has 0 spiro atoms. The topological polar surface area (TPSA) is 24.9 Å². The maximum atomic E-state index is 4.53. The van der Waals surface area contributed by atoms with Crippen molar-refractivity contribution in [2.45, 2.75) is 6.04 Å². The molecule has 1 unspecified atom stereocenters. The van der Waals surface area contributed by atoms with Gasteiger partial charge in [0.05, 0.1) is 17.2 Å². The van der Waals surface area contributed by atoms with Gasteiger partial charge in [0.1, 0.15) is 0 Å². The van der Waals surface area contributed by atoms with Gasteiger partial charge in [0.25, 0.3) is 0 Å². The molecule has 3 heteroatoms. The zero-order valence-electron chi connectivity index (χ0n) is 11.3. The lowest BCUT2D eigenvalue weighted by Gasteiger charge is -2.23. The molecule has 0 aliphatic carbocycles. The summed E-state index contributed by atoms with van der Waals surface area (Å²) in [5, 5.41) is 4.77. The van der Waals surface area contributed by atoms with Crippen molar-refractivity contribution < 1.29 is 0 Å². The molecule has 3 aromatic rings. The highest BCUT2D eigenvalue weighted by Gasteiger charge is 2.17. The SMILES string of the molecule is Brc1ccc(C2C=Cc3ccc4cccnc4c3N2)cc1. The van der Waals surface area contributed by atoms with Crippen LogP contribution in [0, 0.1) is 0 Å². The highest BCUT2D eigenvalue weighted by molar-refractivity contribution is 9.10. The lowest BCUT2D eigenvalue weighted by Crippen LogP contribution is -2.12. The molecule has 1 aromatic heterocycles. The molecular formula is C18H13BrN2. The summed E-state index contributed by atoms with van der Waals surface area (Å²) < 4.78 is 1.10. The molecule has 0 saturated heterocycles. The van der Waals surface area contributed by atoms with Crippen LogP contribution < -0.4 is 5.32 Å². The lowest BCUT2D eigenvalue weighted by atomic mass is 9.98. The Hall–Kier alpha value is -2.13. The van der Waals surface area contributed by atoms with E-state index in [1.807, 2.05) is 12.3 Å². The third-order valence-electron chi connectivity index (χ3n) is 3.80. The van der Waals surface area contributed by atoms with Crippen LogP contribution in [0.4, 0.5) is 5.69 Å². The van der Waals surface area contributed by atoms with E-state index in [0.29, 0.717) is 0 Å². The monoisotopic (exact) mass is 336 g/mol. The molecule has 4 rings (SSSR count). The molecule has 21 heavy (non-hydrogen) atoms. The fourth-order valence-corrected chi connectivity index (χ4v) is 2.98. The normalized spacial score (nSPS) is 16.5. The van der Waals surface area contributed by atoms with Crippen molar-refractivity contribution in [3.8, 4) is 0 Å². The minimum Gasteiger partial charge on any atom is -0.372 e. The molecule has 1 aliphatic heterocycles. The number of benzene rings is 2. The predicted octanol–water partition coefficient (Wildman–Crippen LogP) is 5.18. The second kappa shape index (κ2) is 5.01. The maximum absolute atomic E-state index is 4.53. The van der Waals surface area contributed by atoms with Crippen molar-refractivity contribution in [2.24, 2.45) is 0 Å². The van der Waals surface area contributed by atoms with Crippen LogP contribution in [0.5, 0.6) is 0 Å². The minimum atomic E-state index is 0.179. The number of aromatic nitrogens is 1. The van der Waals surface area contributed by atoms with Gasteiger partial charge in [-0.3, -0.25) is 4.98 Å². The summed E-state index contributed by atoms with van der Waals surface area (Å²) >= 11 is 3.48. The summed E-state index contributed by atoms with van der Waals surface area (Å²) in [7, 11) is 0. The van der Waals surface area contributed by atoms with Gasteiger partial charge >= 0.3 is 0 Å². The van der Waals surface area contributed by atoms with Crippen LogP contribution in [0.1, 0.15) is 17.2 Å². The Kier molecular flexibility index (Phi) is 3.00. The van der Waals surface area contributed by atoms with Crippen LogP contribution in [-0.4, -0.2) is 4.98 Å². The van der Waals surface area contributed by atoms with E-state index in [1.54, 1.807) is 0 Å². The molecule has 0 saturated carbocycles. The second-order valence-corrected chi connectivity index (χ2v) is 6.05. The smallest absolute Gasteiger partial charge is 0.0939 e. The summed E-state index contributed by atoms with van der Waals surface area (Å²) in [4.78, 5) is 4.53. The van der Waals surface area contributed by atoms with Crippen molar-refractivity contribution in [1.82, 2.24) is 4.98 Å². The first kappa shape index (κ1) is 12.6. The molecule has 0 fully saturated rings. The molecule has 0 amide bonds. The first-order chi connectivity index (χ1) is 10.3. The average Bonchev–Trinajstić information content (AvgIpc) is 2.55. The Morgan fingerprint density at radius 1 is 1.00 bits per heavy atom. The Morgan fingerprint density at radius 2 is 1.86 bits per heavy atom. The molecule has 1 atom stereocenters. The van der Waals surface area contributed by atoms with Crippen LogP contribution >= 0.6 is 15.9 Å². The van der Waals surface area contributed by atoms with Gasteiger partial charge < -0.3 is 5.32 Å².